The van der Waals surface area contributed by atoms with Gasteiger partial charge in [0.1, 0.15) is 5.75 Å². The van der Waals surface area contributed by atoms with Crippen LogP contribution in [0.25, 0.3) is 0 Å². The van der Waals surface area contributed by atoms with Crippen LogP contribution in [0.15, 0.2) is 53.4 Å². The Morgan fingerprint density at radius 2 is 1.70 bits per heavy atom. The van der Waals surface area contributed by atoms with Gasteiger partial charge >= 0.3 is 6.61 Å². The summed E-state index contributed by atoms with van der Waals surface area (Å²) in [5.41, 5.74) is 2.02. The molecule has 0 saturated heterocycles. The molecule has 0 fully saturated rings. The third-order valence-electron chi connectivity index (χ3n) is 2.74. The summed E-state index contributed by atoms with van der Waals surface area (Å²) in [5, 5.41) is 3.27. The number of halogens is 2. The smallest absolute Gasteiger partial charge is 0.387 e. The summed E-state index contributed by atoms with van der Waals surface area (Å²) >= 11 is 1.70. The predicted molar refractivity (Wildman–Crippen MR) is 78.6 cm³/mol. The van der Waals surface area contributed by atoms with Crippen LogP contribution in [-0.2, 0) is 6.54 Å². The zero-order valence-electron chi connectivity index (χ0n) is 11.0. The molecule has 106 valence electrons. The largest absolute Gasteiger partial charge is 0.435 e. The fraction of sp³-hybridized carbons (Fsp3) is 0.200. The average molecular weight is 295 g/mol. The van der Waals surface area contributed by atoms with Gasteiger partial charge in [0.2, 0.25) is 0 Å². The SMILES string of the molecule is CSc1ccc(NCc2ccc(OC(F)F)cc2)cc1. The van der Waals surface area contributed by atoms with Crippen LogP contribution in [0.4, 0.5) is 14.5 Å². The first-order chi connectivity index (χ1) is 9.67. The Morgan fingerprint density at radius 3 is 2.25 bits per heavy atom. The van der Waals surface area contributed by atoms with Crippen LogP contribution < -0.4 is 10.1 Å². The zero-order chi connectivity index (χ0) is 14.4. The number of nitrogens with one attached hydrogen (secondary N) is 1. The van der Waals surface area contributed by atoms with Crippen molar-refractivity contribution >= 4 is 17.4 Å². The Bertz CT molecular complexity index is 529. The first-order valence-electron chi connectivity index (χ1n) is 6.09. The number of anilines is 1. The lowest BCUT2D eigenvalue weighted by molar-refractivity contribution is -0.0498. The lowest BCUT2D eigenvalue weighted by atomic mass is 10.2. The quantitative estimate of drug-likeness (QED) is 0.786. The van der Waals surface area contributed by atoms with Crippen LogP contribution in [0.2, 0.25) is 0 Å². The van der Waals surface area contributed by atoms with Crippen LogP contribution in [0.1, 0.15) is 5.56 Å². The molecule has 2 aromatic carbocycles. The summed E-state index contributed by atoms with van der Waals surface area (Å²) in [6.07, 6.45) is 2.03. The average Bonchev–Trinajstić information content (AvgIpc) is 2.46. The van der Waals surface area contributed by atoms with Crippen LogP contribution in [0, 0.1) is 0 Å². The number of hydrogen-bond donors (Lipinski definition) is 1. The molecule has 20 heavy (non-hydrogen) atoms. The summed E-state index contributed by atoms with van der Waals surface area (Å²) in [6, 6.07) is 14.7. The normalized spacial score (nSPS) is 10.6. The van der Waals surface area contributed by atoms with Crippen molar-refractivity contribution in [2.45, 2.75) is 18.1 Å². The lowest BCUT2D eigenvalue weighted by Crippen LogP contribution is -2.02. The standard InChI is InChI=1S/C15H15F2NOS/c1-20-14-8-4-12(5-9-14)18-10-11-2-6-13(7-3-11)19-15(16)17/h2-9,15,18H,10H2,1H3. The van der Waals surface area contributed by atoms with Crippen molar-refractivity contribution in [1.82, 2.24) is 0 Å². The predicted octanol–water partition coefficient (Wildman–Crippen LogP) is 4.62. The third-order valence-corrected chi connectivity index (χ3v) is 3.48. The molecular weight excluding hydrogens is 280 g/mol. The molecule has 0 aliphatic carbocycles. The van der Waals surface area contributed by atoms with E-state index in [-0.39, 0.29) is 5.75 Å². The van der Waals surface area contributed by atoms with E-state index in [0.717, 1.165) is 11.3 Å². The van der Waals surface area contributed by atoms with E-state index in [4.69, 9.17) is 0 Å². The van der Waals surface area contributed by atoms with Crippen LogP contribution >= 0.6 is 11.8 Å². The van der Waals surface area contributed by atoms with Crippen LogP contribution in [-0.4, -0.2) is 12.9 Å². The summed E-state index contributed by atoms with van der Waals surface area (Å²) in [5.74, 6) is 0.174. The molecule has 0 heterocycles. The number of ether oxygens (including phenoxy) is 1. The van der Waals surface area contributed by atoms with Gasteiger partial charge in [-0.15, -0.1) is 11.8 Å². The van der Waals surface area contributed by atoms with Crippen molar-refractivity contribution < 1.29 is 13.5 Å². The number of rotatable bonds is 6. The van der Waals surface area contributed by atoms with E-state index >= 15 is 0 Å². The summed E-state index contributed by atoms with van der Waals surface area (Å²) in [7, 11) is 0. The van der Waals surface area contributed by atoms with Gasteiger partial charge in [0.25, 0.3) is 0 Å². The molecule has 0 bridgehead atoms. The molecule has 2 nitrogen and oxygen atoms in total. The fourth-order valence-electron chi connectivity index (χ4n) is 1.70. The highest BCUT2D eigenvalue weighted by molar-refractivity contribution is 7.98. The molecule has 0 aromatic heterocycles. The van der Waals surface area contributed by atoms with Gasteiger partial charge in [-0.05, 0) is 48.2 Å². The van der Waals surface area contributed by atoms with Gasteiger partial charge in [-0.1, -0.05) is 12.1 Å². The molecular formula is C15H15F2NOS. The highest BCUT2D eigenvalue weighted by atomic mass is 32.2. The molecule has 0 unspecified atom stereocenters. The first-order valence-corrected chi connectivity index (χ1v) is 7.31. The van der Waals surface area contributed by atoms with Crippen molar-refractivity contribution in [1.29, 1.82) is 0 Å². The summed E-state index contributed by atoms with van der Waals surface area (Å²) in [4.78, 5) is 1.21. The van der Waals surface area contributed by atoms with Gasteiger partial charge in [0.05, 0.1) is 0 Å². The Labute approximate surface area is 121 Å². The molecule has 0 saturated carbocycles. The maximum absolute atomic E-state index is 12.0. The van der Waals surface area contributed by atoms with E-state index in [2.05, 4.69) is 10.1 Å². The zero-order valence-corrected chi connectivity index (χ0v) is 11.8. The van der Waals surface area contributed by atoms with E-state index in [1.165, 1.54) is 4.90 Å². The highest BCUT2D eigenvalue weighted by Crippen LogP contribution is 2.19. The van der Waals surface area contributed by atoms with Crippen LogP contribution in [0.5, 0.6) is 5.75 Å². The Morgan fingerprint density at radius 1 is 1.05 bits per heavy atom. The molecule has 5 heteroatoms. The molecule has 0 amide bonds. The molecule has 0 aliphatic rings. The highest BCUT2D eigenvalue weighted by Gasteiger charge is 2.03. The maximum atomic E-state index is 12.0. The summed E-state index contributed by atoms with van der Waals surface area (Å²) < 4.78 is 28.3. The molecule has 0 radical (unpaired) electrons. The third kappa shape index (κ3) is 4.42. The number of hydrogen-bond acceptors (Lipinski definition) is 3. The van der Waals surface area contributed by atoms with Gasteiger partial charge in [0.15, 0.2) is 0 Å². The van der Waals surface area contributed by atoms with E-state index in [1.807, 2.05) is 30.5 Å². The van der Waals surface area contributed by atoms with E-state index < -0.39 is 6.61 Å². The second kappa shape index (κ2) is 7.14. The summed E-state index contributed by atoms with van der Waals surface area (Å²) in [6.45, 7) is -2.15. The molecule has 1 N–H and O–H groups in total. The van der Waals surface area contributed by atoms with Gasteiger partial charge < -0.3 is 10.1 Å². The monoisotopic (exact) mass is 295 g/mol. The van der Waals surface area contributed by atoms with E-state index in [0.29, 0.717) is 6.54 Å². The number of alkyl halides is 2. The van der Waals surface area contributed by atoms with Crippen molar-refractivity contribution in [3.05, 3.63) is 54.1 Å². The second-order valence-corrected chi connectivity index (χ2v) is 4.98. The lowest BCUT2D eigenvalue weighted by Gasteiger charge is -2.08. The van der Waals surface area contributed by atoms with E-state index in [9.17, 15) is 8.78 Å². The Kier molecular flexibility index (Phi) is 5.24. The molecule has 0 spiro atoms. The molecule has 2 rings (SSSR count). The molecule has 0 aliphatic heterocycles. The first kappa shape index (κ1) is 14.7. The van der Waals surface area contributed by atoms with Crippen molar-refractivity contribution in [3.63, 3.8) is 0 Å². The van der Waals surface area contributed by atoms with Crippen molar-refractivity contribution in [2.75, 3.05) is 11.6 Å². The van der Waals surface area contributed by atoms with Gasteiger partial charge in [0, 0.05) is 17.1 Å². The van der Waals surface area contributed by atoms with Gasteiger partial charge in [-0.25, -0.2) is 0 Å². The molecule has 2 aromatic rings. The number of thioether (sulfide) groups is 1. The van der Waals surface area contributed by atoms with Crippen molar-refractivity contribution in [2.24, 2.45) is 0 Å². The van der Waals surface area contributed by atoms with E-state index in [1.54, 1.807) is 36.0 Å². The Balaban J connectivity index is 1.89. The van der Waals surface area contributed by atoms with Crippen LogP contribution in [0.3, 0.4) is 0 Å². The van der Waals surface area contributed by atoms with Gasteiger partial charge in [-0.3, -0.25) is 0 Å². The number of benzene rings is 2. The second-order valence-electron chi connectivity index (χ2n) is 4.10. The fourth-order valence-corrected chi connectivity index (χ4v) is 2.11. The Hall–Kier alpha value is -1.75. The van der Waals surface area contributed by atoms with Gasteiger partial charge in [-0.2, -0.15) is 8.78 Å². The molecule has 0 atom stereocenters. The minimum atomic E-state index is -2.78. The van der Waals surface area contributed by atoms with Crippen molar-refractivity contribution in [3.8, 4) is 5.75 Å². The topological polar surface area (TPSA) is 21.3 Å². The minimum Gasteiger partial charge on any atom is -0.435 e. The maximum Gasteiger partial charge on any atom is 0.387 e. The minimum absolute atomic E-state index is 0.174.